The molecule has 2 N–H and O–H groups in total. The molecular weight excluding hydrogens is 484 g/mol. The molecule has 1 aliphatic carbocycles. The highest BCUT2D eigenvalue weighted by molar-refractivity contribution is 9.10. The molecule has 3 aromatic rings. The summed E-state index contributed by atoms with van der Waals surface area (Å²) < 4.78 is 5.82. The Bertz CT molecular complexity index is 1220. The van der Waals surface area contributed by atoms with Crippen molar-refractivity contribution in [3.05, 3.63) is 40.6 Å². The maximum atomic E-state index is 13.8. The summed E-state index contributed by atoms with van der Waals surface area (Å²) >= 11 is 3.54. The second kappa shape index (κ2) is 8.63. The number of aromatic amines is 1. The molecule has 4 atom stereocenters. The average Bonchev–Trinajstić information content (AvgIpc) is 3.49. The minimum Gasteiger partial charge on any atom is -0.453 e. The van der Waals surface area contributed by atoms with E-state index >= 15 is 0 Å². The van der Waals surface area contributed by atoms with E-state index < -0.39 is 12.1 Å². The number of ether oxygens (including phenoxy) is 1. The smallest absolute Gasteiger partial charge is 0.407 e. The van der Waals surface area contributed by atoms with Gasteiger partial charge in [0, 0.05) is 15.9 Å². The van der Waals surface area contributed by atoms with Crippen LogP contribution in [-0.4, -0.2) is 46.1 Å². The van der Waals surface area contributed by atoms with Crippen LogP contribution in [0.2, 0.25) is 0 Å². The van der Waals surface area contributed by atoms with Gasteiger partial charge in [-0.05, 0) is 54.7 Å². The molecule has 2 heterocycles. The monoisotopic (exact) mass is 512 g/mol. The van der Waals surface area contributed by atoms with Gasteiger partial charge in [0.05, 0.1) is 24.2 Å². The van der Waals surface area contributed by atoms with Gasteiger partial charge in [0.25, 0.3) is 0 Å². The van der Waals surface area contributed by atoms with Crippen molar-refractivity contribution >= 4 is 49.7 Å². The SMILES string of the molecule is COC(=O)N[C@H](C(=O)N1[C@H](c2nc3c(ccc4cc(Br)ccc43)[nH]2)C[C@@H]2CCC[C@@H]21)C(C)C. The number of methoxy groups -OCH3 is 1. The first-order valence-corrected chi connectivity index (χ1v) is 12.4. The molecule has 0 bridgehead atoms. The van der Waals surface area contributed by atoms with E-state index in [2.05, 4.69) is 50.5 Å². The van der Waals surface area contributed by atoms with Gasteiger partial charge in [0.1, 0.15) is 11.9 Å². The molecule has 1 aromatic heterocycles. The summed E-state index contributed by atoms with van der Waals surface area (Å²) in [5.41, 5.74) is 1.89. The number of nitrogens with zero attached hydrogens (tertiary/aromatic N) is 2. The first kappa shape index (κ1) is 22.2. The number of nitrogens with one attached hydrogen (secondary N) is 2. The number of alkyl carbamates (subject to hydrolysis) is 1. The minimum atomic E-state index is -0.637. The predicted octanol–water partition coefficient (Wildman–Crippen LogP) is 5.30. The summed E-state index contributed by atoms with van der Waals surface area (Å²) in [5.74, 6) is 1.18. The largest absolute Gasteiger partial charge is 0.453 e. The van der Waals surface area contributed by atoms with Crippen LogP contribution >= 0.6 is 15.9 Å². The number of rotatable bonds is 4. The number of amides is 2. The van der Waals surface area contributed by atoms with Gasteiger partial charge in [-0.15, -0.1) is 0 Å². The van der Waals surface area contributed by atoms with Crippen LogP contribution in [0.4, 0.5) is 4.79 Å². The Hall–Kier alpha value is -2.61. The Morgan fingerprint density at radius 3 is 2.82 bits per heavy atom. The zero-order chi connectivity index (χ0) is 23.3. The van der Waals surface area contributed by atoms with E-state index in [1.54, 1.807) is 0 Å². The maximum absolute atomic E-state index is 13.8. The van der Waals surface area contributed by atoms with Crippen LogP contribution in [0.3, 0.4) is 0 Å². The Labute approximate surface area is 201 Å². The summed E-state index contributed by atoms with van der Waals surface area (Å²) in [5, 5.41) is 4.97. The normalized spacial score (nSPS) is 23.3. The zero-order valence-electron chi connectivity index (χ0n) is 19.1. The fourth-order valence-corrected chi connectivity index (χ4v) is 6.04. The summed E-state index contributed by atoms with van der Waals surface area (Å²) in [6.07, 6.45) is 3.55. The van der Waals surface area contributed by atoms with Crippen molar-refractivity contribution in [3.63, 3.8) is 0 Å². The van der Waals surface area contributed by atoms with Crippen molar-refractivity contribution in [1.82, 2.24) is 20.2 Å². The molecule has 2 aliphatic rings. The van der Waals surface area contributed by atoms with Gasteiger partial charge in [-0.2, -0.15) is 0 Å². The molecule has 1 aliphatic heterocycles. The van der Waals surface area contributed by atoms with E-state index in [0.29, 0.717) is 5.92 Å². The van der Waals surface area contributed by atoms with Gasteiger partial charge in [0.15, 0.2) is 0 Å². The number of H-pyrrole nitrogens is 1. The third-order valence-corrected chi connectivity index (χ3v) is 7.74. The highest BCUT2D eigenvalue weighted by Gasteiger charge is 2.49. The highest BCUT2D eigenvalue weighted by atomic mass is 79.9. The zero-order valence-corrected chi connectivity index (χ0v) is 20.7. The van der Waals surface area contributed by atoms with Crippen LogP contribution in [-0.2, 0) is 9.53 Å². The first-order valence-electron chi connectivity index (χ1n) is 11.6. The lowest BCUT2D eigenvalue weighted by atomic mass is 10.0. The molecule has 33 heavy (non-hydrogen) atoms. The van der Waals surface area contributed by atoms with Crippen molar-refractivity contribution in [2.75, 3.05) is 7.11 Å². The van der Waals surface area contributed by atoms with E-state index in [1.807, 2.05) is 24.8 Å². The second-order valence-corrected chi connectivity index (χ2v) is 10.5. The summed E-state index contributed by atoms with van der Waals surface area (Å²) in [6, 6.07) is 9.75. The number of benzene rings is 2. The number of imidazole rings is 1. The molecule has 5 rings (SSSR count). The standard InChI is InChI=1S/C25H29BrN4O3/c1-13(2)21(29-25(32)33-3)24(31)30-19-6-4-5-15(19)12-20(30)23-27-18-10-7-14-11-16(26)8-9-17(14)22(18)28-23/h7-11,13,15,19-21H,4-6,12H2,1-3H3,(H,27,28)(H,29,32)/t15-,19-,20-,21-/m0/s1. The van der Waals surface area contributed by atoms with Gasteiger partial charge >= 0.3 is 6.09 Å². The van der Waals surface area contributed by atoms with Gasteiger partial charge in [0.2, 0.25) is 5.91 Å². The molecule has 8 heteroatoms. The molecular formula is C25H29BrN4O3. The predicted molar refractivity (Wildman–Crippen MR) is 131 cm³/mol. The van der Waals surface area contributed by atoms with E-state index in [-0.39, 0.29) is 23.9 Å². The number of carbonyl (C=O) groups excluding carboxylic acids is 2. The molecule has 2 aromatic carbocycles. The molecule has 2 amide bonds. The molecule has 174 valence electrons. The average molecular weight is 513 g/mol. The van der Waals surface area contributed by atoms with E-state index in [9.17, 15) is 9.59 Å². The van der Waals surface area contributed by atoms with Crippen molar-refractivity contribution in [2.24, 2.45) is 11.8 Å². The van der Waals surface area contributed by atoms with Gasteiger partial charge in [-0.1, -0.05) is 48.3 Å². The quantitative estimate of drug-likeness (QED) is 0.496. The molecule has 2 fully saturated rings. The van der Waals surface area contributed by atoms with Gasteiger partial charge in [-0.3, -0.25) is 4.79 Å². The minimum absolute atomic E-state index is 0.0518. The van der Waals surface area contributed by atoms with Crippen LogP contribution in [0.25, 0.3) is 21.8 Å². The fourth-order valence-electron chi connectivity index (χ4n) is 5.66. The third kappa shape index (κ3) is 3.88. The topological polar surface area (TPSA) is 87.3 Å². The van der Waals surface area contributed by atoms with Gasteiger partial charge in [-0.25, -0.2) is 9.78 Å². The molecule has 0 spiro atoms. The summed E-state index contributed by atoms with van der Waals surface area (Å²) in [7, 11) is 1.32. The van der Waals surface area contributed by atoms with Crippen LogP contribution in [0.1, 0.15) is 51.4 Å². The lowest BCUT2D eigenvalue weighted by Gasteiger charge is -2.33. The van der Waals surface area contributed by atoms with E-state index in [4.69, 9.17) is 9.72 Å². The van der Waals surface area contributed by atoms with Gasteiger partial charge < -0.3 is 19.9 Å². The first-order chi connectivity index (χ1) is 15.9. The maximum Gasteiger partial charge on any atom is 0.407 e. The van der Waals surface area contributed by atoms with Crippen LogP contribution < -0.4 is 5.32 Å². The van der Waals surface area contributed by atoms with Crippen LogP contribution in [0, 0.1) is 11.8 Å². The number of aromatic nitrogens is 2. The number of hydrogen-bond donors (Lipinski definition) is 2. The summed E-state index contributed by atoms with van der Waals surface area (Å²) in [6.45, 7) is 3.89. The van der Waals surface area contributed by atoms with Crippen molar-refractivity contribution in [1.29, 1.82) is 0 Å². The Kier molecular flexibility index (Phi) is 5.80. The third-order valence-electron chi connectivity index (χ3n) is 7.25. The Morgan fingerprint density at radius 1 is 1.24 bits per heavy atom. The van der Waals surface area contributed by atoms with E-state index in [0.717, 1.165) is 57.8 Å². The number of fused-ring (bicyclic) bond motifs is 4. The molecule has 7 nitrogen and oxygen atoms in total. The Morgan fingerprint density at radius 2 is 2.06 bits per heavy atom. The molecule has 1 saturated carbocycles. The Balaban J connectivity index is 1.54. The number of halogens is 1. The second-order valence-electron chi connectivity index (χ2n) is 9.56. The number of hydrogen-bond acceptors (Lipinski definition) is 4. The van der Waals surface area contributed by atoms with Crippen molar-refractivity contribution in [3.8, 4) is 0 Å². The van der Waals surface area contributed by atoms with E-state index in [1.165, 1.54) is 7.11 Å². The van der Waals surface area contributed by atoms with Crippen molar-refractivity contribution < 1.29 is 14.3 Å². The molecule has 1 saturated heterocycles. The van der Waals surface area contributed by atoms with Crippen LogP contribution in [0.15, 0.2) is 34.8 Å². The number of carbonyl (C=O) groups is 2. The molecule has 0 unspecified atom stereocenters. The number of likely N-dealkylation sites (tertiary alicyclic amines) is 1. The molecule has 0 radical (unpaired) electrons. The summed E-state index contributed by atoms with van der Waals surface area (Å²) in [4.78, 5) is 36.3. The van der Waals surface area contributed by atoms with Crippen molar-refractivity contribution in [2.45, 2.75) is 57.7 Å². The lowest BCUT2D eigenvalue weighted by molar-refractivity contribution is -0.137. The highest BCUT2D eigenvalue weighted by Crippen LogP contribution is 2.47. The fraction of sp³-hybridized carbons (Fsp3) is 0.480. The lowest BCUT2D eigenvalue weighted by Crippen LogP contribution is -2.53. The van der Waals surface area contributed by atoms with Crippen LogP contribution in [0.5, 0.6) is 0 Å².